The third kappa shape index (κ3) is 7.23. The van der Waals surface area contributed by atoms with Gasteiger partial charge in [0.15, 0.2) is 5.82 Å². The molecule has 224 valence electrons. The van der Waals surface area contributed by atoms with Gasteiger partial charge in [-0.2, -0.15) is 18.2 Å². The number of benzene rings is 2. The van der Waals surface area contributed by atoms with E-state index in [2.05, 4.69) is 22.1 Å². The van der Waals surface area contributed by atoms with E-state index in [0.717, 1.165) is 28.2 Å². The molecule has 1 fully saturated rings. The molecule has 0 saturated carbocycles. The van der Waals surface area contributed by atoms with Crippen molar-refractivity contribution in [3.63, 3.8) is 0 Å². The minimum Gasteiger partial charge on any atom is -0.473 e. The van der Waals surface area contributed by atoms with Crippen molar-refractivity contribution in [1.82, 2.24) is 19.9 Å². The van der Waals surface area contributed by atoms with Gasteiger partial charge in [0.1, 0.15) is 18.2 Å². The molecule has 4 aromatic rings. The minimum atomic E-state index is -4.26. The van der Waals surface area contributed by atoms with E-state index in [4.69, 9.17) is 19.4 Å². The molecule has 1 unspecified atom stereocenters. The quantitative estimate of drug-likeness (QED) is 0.268. The van der Waals surface area contributed by atoms with Crippen molar-refractivity contribution in [2.24, 2.45) is 0 Å². The molecule has 0 amide bonds. The smallest absolute Gasteiger partial charge is 0.401 e. The van der Waals surface area contributed by atoms with Gasteiger partial charge in [-0.3, -0.25) is 4.90 Å². The van der Waals surface area contributed by atoms with E-state index in [0.29, 0.717) is 62.5 Å². The van der Waals surface area contributed by atoms with Gasteiger partial charge in [0.05, 0.1) is 31.5 Å². The Morgan fingerprint density at radius 3 is 2.53 bits per heavy atom. The average molecular weight is 591 g/mol. The molecule has 0 aliphatic carbocycles. The van der Waals surface area contributed by atoms with Crippen LogP contribution in [0.5, 0.6) is 5.88 Å². The summed E-state index contributed by atoms with van der Waals surface area (Å²) in [5.41, 5.74) is 4.22. The average Bonchev–Trinajstić information content (AvgIpc) is 3.00. The van der Waals surface area contributed by atoms with Gasteiger partial charge in [0, 0.05) is 42.5 Å². The maximum atomic E-state index is 13.2. The number of hydrogen-bond donors (Lipinski definition) is 1. The Balaban J connectivity index is 1.22. The second kappa shape index (κ2) is 12.6. The molecule has 0 spiro atoms. The molecule has 4 heterocycles. The Bertz CT molecular complexity index is 1530. The zero-order valence-electron chi connectivity index (χ0n) is 23.8. The number of halogens is 3. The lowest BCUT2D eigenvalue weighted by molar-refractivity contribution is -0.147. The van der Waals surface area contributed by atoms with Gasteiger partial charge in [-0.15, -0.1) is 0 Å². The number of anilines is 3. The first kappa shape index (κ1) is 28.9. The van der Waals surface area contributed by atoms with Crippen molar-refractivity contribution in [3.8, 4) is 17.3 Å². The van der Waals surface area contributed by atoms with E-state index in [1.54, 1.807) is 0 Å². The number of fused-ring (bicyclic) bond motifs is 1. The second-order valence-corrected chi connectivity index (χ2v) is 10.8. The molecule has 11 heteroatoms. The molecule has 1 N–H and O–H groups in total. The first-order valence-corrected chi connectivity index (χ1v) is 14.4. The fourth-order valence-electron chi connectivity index (χ4n) is 5.41. The highest BCUT2D eigenvalue weighted by molar-refractivity contribution is 5.66. The summed E-state index contributed by atoms with van der Waals surface area (Å²) in [5.74, 6) is 2.43. The van der Waals surface area contributed by atoms with Crippen LogP contribution in [-0.2, 0) is 24.3 Å². The van der Waals surface area contributed by atoms with Crippen LogP contribution in [0.25, 0.3) is 11.4 Å². The van der Waals surface area contributed by atoms with E-state index < -0.39 is 12.7 Å². The van der Waals surface area contributed by atoms with E-state index in [9.17, 15) is 13.2 Å². The number of aromatic nitrogens is 3. The first-order valence-electron chi connectivity index (χ1n) is 14.4. The molecule has 8 nitrogen and oxygen atoms in total. The Morgan fingerprint density at radius 1 is 0.953 bits per heavy atom. The normalized spacial score (nSPS) is 17.4. The van der Waals surface area contributed by atoms with Gasteiger partial charge in [0.2, 0.25) is 5.88 Å². The molecule has 1 atom stereocenters. The topological polar surface area (TPSA) is 75.6 Å². The molecule has 0 bridgehead atoms. The van der Waals surface area contributed by atoms with Gasteiger partial charge in [-0.1, -0.05) is 36.4 Å². The number of rotatable bonds is 8. The van der Waals surface area contributed by atoms with E-state index >= 15 is 0 Å². The number of nitrogens with zero attached hydrogens (tertiary/aromatic N) is 5. The molecule has 2 aliphatic heterocycles. The summed E-state index contributed by atoms with van der Waals surface area (Å²) in [7, 11) is 0. The fraction of sp³-hybridized carbons (Fsp3) is 0.344. The maximum Gasteiger partial charge on any atom is 0.401 e. The van der Waals surface area contributed by atoms with Crippen LogP contribution in [0.4, 0.5) is 30.5 Å². The number of pyridine rings is 1. The van der Waals surface area contributed by atoms with Crippen LogP contribution < -0.4 is 15.0 Å². The molecule has 2 aromatic heterocycles. The zero-order valence-corrected chi connectivity index (χ0v) is 23.8. The number of alkyl halides is 3. The second-order valence-electron chi connectivity index (χ2n) is 10.8. The lowest BCUT2D eigenvalue weighted by atomic mass is 10.0. The lowest BCUT2D eigenvalue weighted by Crippen LogP contribution is -2.46. The SMILES string of the molecule is CC1COCCN1c1nc(-c2ccc(Nc3cccc(OCc4ccccc4)n3)cc2)nc2c1CCN(CC(F)(F)F)C2. The number of morpholine rings is 1. The summed E-state index contributed by atoms with van der Waals surface area (Å²) < 4.78 is 51.1. The van der Waals surface area contributed by atoms with Crippen LogP contribution in [-0.4, -0.2) is 64.9 Å². The summed E-state index contributed by atoms with van der Waals surface area (Å²) in [6.45, 7) is 3.79. The Kier molecular flexibility index (Phi) is 8.44. The highest BCUT2D eigenvalue weighted by atomic mass is 19.4. The van der Waals surface area contributed by atoms with Crippen LogP contribution in [0, 0.1) is 0 Å². The summed E-state index contributed by atoms with van der Waals surface area (Å²) in [4.78, 5) is 17.9. The summed E-state index contributed by atoms with van der Waals surface area (Å²) in [6.07, 6.45) is -3.80. The summed E-state index contributed by atoms with van der Waals surface area (Å²) in [5, 5.41) is 3.30. The zero-order chi connectivity index (χ0) is 29.8. The third-order valence-electron chi connectivity index (χ3n) is 7.53. The van der Waals surface area contributed by atoms with Gasteiger partial charge >= 0.3 is 6.18 Å². The molecule has 2 aliphatic rings. The van der Waals surface area contributed by atoms with Crippen LogP contribution in [0.15, 0.2) is 72.8 Å². The standard InChI is InChI=1S/C32H33F3N6O2/c1-22-19-42-17-16-41(22)31-26-14-15-40(21-32(33,34)35)18-27(26)37-30(39-31)24-10-12-25(13-11-24)36-28-8-5-9-29(38-28)43-20-23-6-3-2-4-7-23/h2-13,22H,14-21H2,1H3,(H,36,38). The van der Waals surface area contributed by atoms with Crippen LogP contribution in [0.1, 0.15) is 23.7 Å². The van der Waals surface area contributed by atoms with Gasteiger partial charge in [0.25, 0.3) is 0 Å². The van der Waals surface area contributed by atoms with Crippen molar-refractivity contribution in [2.75, 3.05) is 43.1 Å². The van der Waals surface area contributed by atoms with Gasteiger partial charge < -0.3 is 19.7 Å². The lowest BCUT2D eigenvalue weighted by Gasteiger charge is -2.38. The van der Waals surface area contributed by atoms with Gasteiger partial charge in [-0.25, -0.2) is 9.97 Å². The Labute approximate surface area is 248 Å². The molecule has 43 heavy (non-hydrogen) atoms. The highest BCUT2D eigenvalue weighted by Crippen LogP contribution is 2.33. The third-order valence-corrected chi connectivity index (χ3v) is 7.53. The number of nitrogens with one attached hydrogen (secondary N) is 1. The summed E-state index contributed by atoms with van der Waals surface area (Å²) in [6, 6.07) is 23.2. The Morgan fingerprint density at radius 2 is 1.77 bits per heavy atom. The van der Waals surface area contributed by atoms with Crippen LogP contribution >= 0.6 is 0 Å². The number of hydrogen-bond acceptors (Lipinski definition) is 8. The van der Waals surface area contributed by atoms with Crippen molar-refractivity contribution < 1.29 is 22.6 Å². The summed E-state index contributed by atoms with van der Waals surface area (Å²) >= 11 is 0. The highest BCUT2D eigenvalue weighted by Gasteiger charge is 2.34. The molecule has 0 radical (unpaired) electrons. The molecule has 1 saturated heterocycles. The monoisotopic (exact) mass is 590 g/mol. The van der Waals surface area contributed by atoms with E-state index in [1.807, 2.05) is 72.8 Å². The predicted octanol–water partition coefficient (Wildman–Crippen LogP) is 6.01. The molecule has 2 aromatic carbocycles. The Hall–Kier alpha value is -4.22. The van der Waals surface area contributed by atoms with Crippen LogP contribution in [0.3, 0.4) is 0 Å². The predicted molar refractivity (Wildman–Crippen MR) is 158 cm³/mol. The first-order chi connectivity index (χ1) is 20.8. The largest absolute Gasteiger partial charge is 0.473 e. The molecular weight excluding hydrogens is 557 g/mol. The molecular formula is C32H33F3N6O2. The molecule has 6 rings (SSSR count). The van der Waals surface area contributed by atoms with Crippen molar-refractivity contribution in [1.29, 1.82) is 0 Å². The maximum absolute atomic E-state index is 13.2. The fourth-order valence-corrected chi connectivity index (χ4v) is 5.41. The van der Waals surface area contributed by atoms with Gasteiger partial charge in [-0.05, 0) is 49.2 Å². The van der Waals surface area contributed by atoms with E-state index in [-0.39, 0.29) is 12.6 Å². The van der Waals surface area contributed by atoms with E-state index in [1.165, 1.54) is 4.90 Å². The van der Waals surface area contributed by atoms with Crippen LogP contribution in [0.2, 0.25) is 0 Å². The van der Waals surface area contributed by atoms with Crippen molar-refractivity contribution in [2.45, 2.75) is 38.7 Å². The number of ether oxygens (including phenoxy) is 2. The van der Waals surface area contributed by atoms with Crippen molar-refractivity contribution in [3.05, 3.63) is 89.6 Å². The minimum absolute atomic E-state index is 0.0975. The van der Waals surface area contributed by atoms with Crippen molar-refractivity contribution >= 4 is 17.3 Å².